The number of fused-ring (bicyclic) bond motifs is 1. The van der Waals surface area contributed by atoms with Crippen LogP contribution in [-0.2, 0) is 10.0 Å². The predicted molar refractivity (Wildman–Crippen MR) is 125 cm³/mol. The van der Waals surface area contributed by atoms with Gasteiger partial charge in [-0.15, -0.1) is 0 Å². The average molecular weight is 506 g/mol. The van der Waals surface area contributed by atoms with E-state index in [1.165, 1.54) is 74.9 Å². The normalized spacial score (nSPS) is 11.4. The lowest BCUT2D eigenvalue weighted by atomic mass is 10.2. The largest absolute Gasteiger partial charge is 0.493 e. The van der Waals surface area contributed by atoms with Gasteiger partial charge in [0.15, 0.2) is 11.5 Å². The molecule has 11 heteroatoms. The van der Waals surface area contributed by atoms with Gasteiger partial charge >= 0.3 is 4.94 Å². The van der Waals surface area contributed by atoms with Crippen LogP contribution in [0, 0.1) is 0 Å². The van der Waals surface area contributed by atoms with Crippen LogP contribution in [0.5, 0.6) is 11.5 Å². The van der Waals surface area contributed by atoms with Crippen LogP contribution in [0.1, 0.15) is 10.4 Å². The Labute approximate surface area is 197 Å². The van der Waals surface area contributed by atoms with Crippen molar-refractivity contribution in [2.45, 2.75) is 4.90 Å². The number of amides is 1. The number of sulfonamides is 1. The highest BCUT2D eigenvalue weighted by molar-refractivity contribution is 7.93. The molecule has 0 radical (unpaired) electrons. The summed E-state index contributed by atoms with van der Waals surface area (Å²) in [7, 11) is -1.62. The maximum absolute atomic E-state index is 13.7. The molecule has 0 bridgehead atoms. The third-order valence-corrected chi connectivity index (χ3v) is 7.47. The fourth-order valence-electron chi connectivity index (χ4n) is 3.14. The van der Waals surface area contributed by atoms with Crippen LogP contribution in [0.15, 0.2) is 74.8 Å². The van der Waals surface area contributed by atoms with Crippen LogP contribution in [0.2, 0.25) is 5.02 Å². The zero-order valence-electron chi connectivity index (χ0n) is 17.3. The number of rotatable bonds is 6. The number of benzene rings is 3. The minimum Gasteiger partial charge on any atom is -0.493 e. The molecule has 8 nitrogen and oxygen atoms in total. The molecule has 0 unspecified atom stereocenters. The van der Waals surface area contributed by atoms with Crippen molar-refractivity contribution in [2.24, 2.45) is 0 Å². The second-order valence-corrected chi connectivity index (χ2v) is 9.88. The number of ether oxygens (including phenoxy) is 2. The van der Waals surface area contributed by atoms with Gasteiger partial charge in [0, 0.05) is 16.7 Å². The molecule has 0 atom stereocenters. The van der Waals surface area contributed by atoms with Gasteiger partial charge in [0.05, 0.1) is 29.5 Å². The highest BCUT2D eigenvalue weighted by Gasteiger charge is 2.33. The fraction of sp³-hybridized carbons (Fsp3) is 0.0909. The van der Waals surface area contributed by atoms with E-state index < -0.39 is 20.9 Å². The first-order chi connectivity index (χ1) is 15.7. The summed E-state index contributed by atoms with van der Waals surface area (Å²) in [6.07, 6.45) is 0. The Morgan fingerprint density at radius 2 is 1.67 bits per heavy atom. The summed E-state index contributed by atoms with van der Waals surface area (Å²) in [5, 5.41) is 0.394. The van der Waals surface area contributed by atoms with E-state index in [2.05, 4.69) is 0 Å². The van der Waals surface area contributed by atoms with Crippen LogP contribution in [-0.4, -0.2) is 28.5 Å². The molecule has 0 saturated carbocycles. The van der Waals surface area contributed by atoms with Crippen LogP contribution < -0.4 is 18.7 Å². The number of carbonyl (C=O) groups is 1. The van der Waals surface area contributed by atoms with Gasteiger partial charge in [-0.05, 0) is 54.6 Å². The summed E-state index contributed by atoms with van der Waals surface area (Å²) in [6, 6.07) is 14.1. The Bertz CT molecular complexity index is 1510. The molecule has 0 saturated heterocycles. The zero-order valence-corrected chi connectivity index (χ0v) is 19.7. The molecule has 1 aromatic heterocycles. The van der Waals surface area contributed by atoms with Gasteiger partial charge in [0.25, 0.3) is 15.9 Å². The molecule has 4 rings (SSSR count). The number of hydrogen-bond acceptors (Lipinski definition) is 8. The standard InChI is InChI=1S/C22H16ClNO7S2/c1-29-17-10-8-16(12-19(17)30-2)33(27,28)24(21(25)13-3-5-14(23)6-4-13)15-7-9-18-20(11-15)32-22(26)31-18/h3-12H,1-2H3. The summed E-state index contributed by atoms with van der Waals surface area (Å²) in [4.78, 5) is 24.3. The second-order valence-electron chi connectivity index (χ2n) is 6.68. The Balaban J connectivity index is 1.91. The van der Waals surface area contributed by atoms with E-state index in [9.17, 15) is 18.0 Å². The number of methoxy groups -OCH3 is 2. The SMILES string of the molecule is COc1ccc(S(=O)(=O)N(C(=O)c2ccc(Cl)cc2)c2ccc3oc(=O)sc3c2)cc1OC. The maximum Gasteiger partial charge on any atom is 0.396 e. The number of hydrogen-bond donors (Lipinski definition) is 0. The molecule has 0 aliphatic rings. The van der Waals surface area contributed by atoms with E-state index in [-0.39, 0.29) is 27.5 Å². The third kappa shape index (κ3) is 4.32. The Morgan fingerprint density at radius 3 is 2.33 bits per heavy atom. The molecule has 4 aromatic rings. The molecule has 0 N–H and O–H groups in total. The van der Waals surface area contributed by atoms with Crippen molar-refractivity contribution in [1.82, 2.24) is 0 Å². The fourth-order valence-corrected chi connectivity index (χ4v) is 5.39. The van der Waals surface area contributed by atoms with Gasteiger partial charge in [0.1, 0.15) is 5.58 Å². The van der Waals surface area contributed by atoms with Crippen molar-refractivity contribution in [3.05, 3.63) is 81.0 Å². The van der Waals surface area contributed by atoms with Crippen molar-refractivity contribution in [3.8, 4) is 11.5 Å². The predicted octanol–water partition coefficient (Wildman–Crippen LogP) is 4.56. The van der Waals surface area contributed by atoms with Gasteiger partial charge in [-0.25, -0.2) is 13.2 Å². The Hall–Kier alpha value is -3.34. The van der Waals surface area contributed by atoms with Crippen LogP contribution in [0.3, 0.4) is 0 Å². The van der Waals surface area contributed by atoms with Crippen molar-refractivity contribution >= 4 is 54.8 Å². The lowest BCUT2D eigenvalue weighted by molar-refractivity contribution is 0.101. The van der Waals surface area contributed by atoms with Crippen LogP contribution in [0.25, 0.3) is 10.3 Å². The highest BCUT2D eigenvalue weighted by Crippen LogP contribution is 2.34. The van der Waals surface area contributed by atoms with E-state index >= 15 is 0 Å². The zero-order chi connectivity index (χ0) is 23.8. The monoisotopic (exact) mass is 505 g/mol. The minimum absolute atomic E-state index is 0.0364. The summed E-state index contributed by atoms with van der Waals surface area (Å²) in [5.74, 6) is -0.297. The average Bonchev–Trinajstić information content (AvgIpc) is 3.18. The molecular weight excluding hydrogens is 490 g/mol. The molecule has 1 amide bonds. The third-order valence-electron chi connectivity index (χ3n) is 4.72. The first-order valence-corrected chi connectivity index (χ1v) is 12.0. The van der Waals surface area contributed by atoms with Crippen LogP contribution in [0.4, 0.5) is 5.69 Å². The summed E-state index contributed by atoms with van der Waals surface area (Å²) in [6.45, 7) is 0. The van der Waals surface area contributed by atoms with Gasteiger partial charge in [-0.3, -0.25) is 4.79 Å². The van der Waals surface area contributed by atoms with Crippen molar-refractivity contribution in [3.63, 3.8) is 0 Å². The first-order valence-electron chi connectivity index (χ1n) is 9.35. The quantitative estimate of drug-likeness (QED) is 0.378. The van der Waals surface area contributed by atoms with Crippen molar-refractivity contribution in [1.29, 1.82) is 0 Å². The molecule has 0 spiro atoms. The van der Waals surface area contributed by atoms with E-state index in [1.54, 1.807) is 0 Å². The van der Waals surface area contributed by atoms with Gasteiger partial charge < -0.3 is 13.9 Å². The van der Waals surface area contributed by atoms with E-state index in [0.29, 0.717) is 19.8 Å². The van der Waals surface area contributed by atoms with E-state index in [4.69, 9.17) is 25.5 Å². The van der Waals surface area contributed by atoms with Gasteiger partial charge in [-0.2, -0.15) is 4.31 Å². The smallest absolute Gasteiger partial charge is 0.396 e. The van der Waals surface area contributed by atoms with Gasteiger partial charge in [0.2, 0.25) is 0 Å². The lowest BCUT2D eigenvalue weighted by Crippen LogP contribution is -2.37. The lowest BCUT2D eigenvalue weighted by Gasteiger charge is -2.23. The Kier molecular flexibility index (Phi) is 6.15. The van der Waals surface area contributed by atoms with Crippen molar-refractivity contribution < 1.29 is 27.1 Å². The first kappa shape index (κ1) is 22.8. The highest BCUT2D eigenvalue weighted by atomic mass is 35.5. The topological polar surface area (TPSA) is 103 Å². The Morgan fingerprint density at radius 1 is 0.970 bits per heavy atom. The van der Waals surface area contributed by atoms with Crippen molar-refractivity contribution in [2.75, 3.05) is 18.5 Å². The summed E-state index contributed by atoms with van der Waals surface area (Å²) in [5.41, 5.74) is 0.425. The molecule has 170 valence electrons. The number of carbonyl (C=O) groups excluding carboxylic acids is 1. The molecule has 3 aromatic carbocycles. The number of halogens is 1. The minimum atomic E-state index is -4.42. The molecule has 0 fully saturated rings. The molecule has 0 aliphatic carbocycles. The second kappa shape index (κ2) is 8.89. The number of anilines is 1. The number of nitrogens with zero attached hydrogens (tertiary/aromatic N) is 1. The summed E-state index contributed by atoms with van der Waals surface area (Å²) < 4.78 is 44.0. The molecular formula is C22H16ClNO7S2. The van der Waals surface area contributed by atoms with E-state index in [1.807, 2.05) is 0 Å². The van der Waals surface area contributed by atoms with E-state index in [0.717, 1.165) is 11.3 Å². The molecule has 0 aliphatic heterocycles. The molecule has 1 heterocycles. The summed E-state index contributed by atoms with van der Waals surface area (Å²) >= 11 is 6.72. The van der Waals surface area contributed by atoms with Gasteiger partial charge in [-0.1, -0.05) is 22.9 Å². The molecule has 33 heavy (non-hydrogen) atoms. The maximum atomic E-state index is 13.7. The van der Waals surface area contributed by atoms with Crippen LogP contribution >= 0.6 is 22.9 Å².